The first-order chi connectivity index (χ1) is 35.3. The summed E-state index contributed by atoms with van der Waals surface area (Å²) in [5.41, 5.74) is 4.13. The van der Waals surface area contributed by atoms with Gasteiger partial charge in [-0.1, -0.05) is 35.3 Å². The first-order valence-corrected chi connectivity index (χ1v) is 26.2. The molecule has 6 amide bonds. The molecule has 20 heteroatoms. The van der Waals surface area contributed by atoms with Gasteiger partial charge in [0.2, 0.25) is 23.6 Å². The highest BCUT2D eigenvalue weighted by Crippen LogP contribution is 2.44. The molecular weight excluding hydrogens is 974 g/mol. The number of piperazine rings is 2. The number of carbonyl (C=O) groups is 5. The lowest BCUT2D eigenvalue weighted by Gasteiger charge is -2.41. The van der Waals surface area contributed by atoms with Crippen LogP contribution in [0.3, 0.4) is 0 Å². The highest BCUT2D eigenvalue weighted by molar-refractivity contribution is 6.41. The highest BCUT2D eigenvalue weighted by atomic mass is 35.5. The summed E-state index contributed by atoms with van der Waals surface area (Å²) in [6.07, 6.45) is 7.59. The van der Waals surface area contributed by atoms with Crippen molar-refractivity contribution in [3.8, 4) is 11.5 Å². The zero-order chi connectivity index (χ0) is 51.2. The Hall–Kier alpha value is -6.37. The third kappa shape index (κ3) is 12.0. The summed E-state index contributed by atoms with van der Waals surface area (Å²) in [5, 5.41) is 8.73. The van der Waals surface area contributed by atoms with Crippen LogP contribution in [-0.4, -0.2) is 148 Å². The largest absolute Gasteiger partial charge is 0.495 e. The molecule has 0 unspecified atom stereocenters. The lowest BCUT2D eigenvalue weighted by Crippen LogP contribution is -2.52. The minimum absolute atomic E-state index is 0.00689. The standard InChI is InChI=1S/C53H65Cl2N11O7/c1-61(53(71)60-49-47(54)42(72-2)30-43(73-3)48(49)55)45-31-44(56-33-57-45)58-38-10-14-40(15-11-38)64-26-28-66(29-27-64)52(70)37-6-4-36(5-7-37)51(69)65-24-22-62(23-25-65)32-34-18-20-63(21-19-34)39-12-8-35(9-13-39)41-16-17-46(67)59-50(41)68/h8-15,30-31,33-34,36-37,41H,4-7,16-29,32H2,1-3H3,(H,60,71)(H,56,57,58)(H,59,67,68)/t36?,37?,41-/m0/s1. The Morgan fingerprint density at radius 2 is 1.25 bits per heavy atom. The third-order valence-electron chi connectivity index (χ3n) is 15.3. The van der Waals surface area contributed by atoms with E-state index in [2.05, 4.69) is 57.7 Å². The van der Waals surface area contributed by atoms with Gasteiger partial charge in [-0.2, -0.15) is 0 Å². The molecule has 9 rings (SSSR count). The maximum absolute atomic E-state index is 13.7. The second kappa shape index (κ2) is 23.2. The van der Waals surface area contributed by atoms with Crippen molar-refractivity contribution in [2.75, 3.05) is 119 Å². The number of anilines is 6. The van der Waals surface area contributed by atoms with Crippen molar-refractivity contribution >= 4 is 87.2 Å². The van der Waals surface area contributed by atoms with Gasteiger partial charge in [0.05, 0.1) is 25.8 Å². The van der Waals surface area contributed by atoms with Crippen molar-refractivity contribution in [1.29, 1.82) is 0 Å². The number of piperidine rings is 2. The normalized spacial score (nSPS) is 21.1. The van der Waals surface area contributed by atoms with Gasteiger partial charge in [-0.15, -0.1) is 0 Å². The van der Waals surface area contributed by atoms with Crippen LogP contribution in [0.2, 0.25) is 10.0 Å². The summed E-state index contributed by atoms with van der Waals surface area (Å²) in [6, 6.07) is 18.9. The first-order valence-electron chi connectivity index (χ1n) is 25.4. The van der Waals surface area contributed by atoms with Crippen molar-refractivity contribution < 1.29 is 33.4 Å². The van der Waals surface area contributed by atoms with E-state index in [0.29, 0.717) is 43.5 Å². The predicted octanol–water partition coefficient (Wildman–Crippen LogP) is 7.25. The van der Waals surface area contributed by atoms with Gasteiger partial charge in [-0.25, -0.2) is 14.8 Å². The summed E-state index contributed by atoms with van der Waals surface area (Å²) in [4.78, 5) is 85.9. The molecule has 1 atom stereocenters. The number of hydrogen-bond acceptors (Lipinski definition) is 13. The van der Waals surface area contributed by atoms with Gasteiger partial charge in [0.25, 0.3) is 0 Å². The molecule has 1 saturated carbocycles. The van der Waals surface area contributed by atoms with E-state index in [4.69, 9.17) is 32.7 Å². The second-order valence-corrected chi connectivity index (χ2v) is 20.5. The molecule has 5 heterocycles. The number of benzene rings is 3. The molecule has 0 bridgehead atoms. The second-order valence-electron chi connectivity index (χ2n) is 19.7. The van der Waals surface area contributed by atoms with E-state index in [1.807, 2.05) is 41.3 Å². The van der Waals surface area contributed by atoms with Crippen molar-refractivity contribution in [3.63, 3.8) is 0 Å². The zero-order valence-electron chi connectivity index (χ0n) is 41.8. The molecule has 4 aliphatic heterocycles. The van der Waals surface area contributed by atoms with Crippen LogP contribution in [0.1, 0.15) is 62.8 Å². The number of rotatable bonds is 13. The fourth-order valence-corrected chi connectivity index (χ4v) is 11.5. The summed E-state index contributed by atoms with van der Waals surface area (Å²) >= 11 is 12.9. The third-order valence-corrected chi connectivity index (χ3v) is 16.1. The van der Waals surface area contributed by atoms with Gasteiger partial charge >= 0.3 is 6.03 Å². The van der Waals surface area contributed by atoms with Crippen LogP contribution in [0, 0.1) is 17.8 Å². The van der Waals surface area contributed by atoms with Crippen molar-refractivity contribution in [1.82, 2.24) is 30.0 Å². The molecule has 0 radical (unpaired) electrons. The van der Waals surface area contributed by atoms with Gasteiger partial charge in [-0.05, 0) is 92.8 Å². The maximum Gasteiger partial charge on any atom is 0.327 e. The number of amides is 6. The quantitative estimate of drug-likeness (QED) is 0.114. The Morgan fingerprint density at radius 1 is 0.699 bits per heavy atom. The molecule has 388 valence electrons. The highest BCUT2D eigenvalue weighted by Gasteiger charge is 2.36. The van der Waals surface area contributed by atoms with E-state index >= 15 is 0 Å². The molecule has 4 aromatic rings. The predicted molar refractivity (Wildman–Crippen MR) is 283 cm³/mol. The van der Waals surface area contributed by atoms with E-state index in [1.165, 1.54) is 37.2 Å². The fourth-order valence-electron chi connectivity index (χ4n) is 10.9. The molecule has 73 heavy (non-hydrogen) atoms. The number of halogens is 2. The number of imide groups is 1. The molecule has 5 fully saturated rings. The molecule has 1 aromatic heterocycles. The van der Waals surface area contributed by atoms with Crippen molar-refractivity contribution in [2.45, 2.75) is 57.3 Å². The Labute approximate surface area is 436 Å². The van der Waals surface area contributed by atoms with Crippen molar-refractivity contribution in [3.05, 3.63) is 82.6 Å². The Bertz CT molecular complexity index is 2600. The smallest absolute Gasteiger partial charge is 0.327 e. The molecule has 5 aliphatic rings. The number of carbonyl (C=O) groups excluding carboxylic acids is 5. The van der Waals surface area contributed by atoms with Crippen LogP contribution in [0.5, 0.6) is 11.5 Å². The van der Waals surface area contributed by atoms with Crippen LogP contribution < -0.4 is 40.1 Å². The van der Waals surface area contributed by atoms with Crippen LogP contribution in [-0.2, 0) is 19.2 Å². The average molecular weight is 1040 g/mol. The number of aromatic nitrogens is 2. The number of nitrogens with one attached hydrogen (secondary N) is 3. The van der Waals surface area contributed by atoms with Crippen molar-refractivity contribution in [2.24, 2.45) is 17.8 Å². The zero-order valence-corrected chi connectivity index (χ0v) is 43.3. The van der Waals surface area contributed by atoms with Crippen LogP contribution >= 0.6 is 23.2 Å². The number of nitrogens with zero attached hydrogens (tertiary/aromatic N) is 8. The summed E-state index contributed by atoms with van der Waals surface area (Å²) in [5.74, 6) is 1.79. The van der Waals surface area contributed by atoms with Gasteiger partial charge in [0.1, 0.15) is 39.5 Å². The topological polar surface area (TPSA) is 185 Å². The van der Waals surface area contributed by atoms with E-state index in [9.17, 15) is 24.0 Å². The van der Waals surface area contributed by atoms with Crippen LogP contribution in [0.15, 0.2) is 67.0 Å². The Morgan fingerprint density at radius 3 is 1.81 bits per heavy atom. The van der Waals surface area contributed by atoms with E-state index in [1.54, 1.807) is 13.1 Å². The van der Waals surface area contributed by atoms with E-state index < -0.39 is 6.03 Å². The minimum Gasteiger partial charge on any atom is -0.495 e. The lowest BCUT2D eigenvalue weighted by atomic mass is 9.80. The molecule has 18 nitrogen and oxygen atoms in total. The van der Waals surface area contributed by atoms with E-state index in [0.717, 1.165) is 114 Å². The lowest BCUT2D eigenvalue weighted by molar-refractivity contribution is -0.142. The summed E-state index contributed by atoms with van der Waals surface area (Å²) in [6.45, 7) is 9.13. The first kappa shape index (κ1) is 51.5. The Kier molecular flexibility index (Phi) is 16.4. The molecule has 3 aromatic carbocycles. The Balaban J connectivity index is 0.664. The van der Waals surface area contributed by atoms with Gasteiger partial charge in [0, 0.05) is 126 Å². The van der Waals surface area contributed by atoms with Crippen LogP contribution in [0.25, 0.3) is 0 Å². The number of urea groups is 1. The van der Waals surface area contributed by atoms with E-state index in [-0.39, 0.29) is 68.6 Å². The van der Waals surface area contributed by atoms with Gasteiger partial charge in [-0.3, -0.25) is 34.3 Å². The molecule has 3 N–H and O–H groups in total. The van der Waals surface area contributed by atoms with Gasteiger partial charge in [0.15, 0.2) is 0 Å². The summed E-state index contributed by atoms with van der Waals surface area (Å²) < 4.78 is 10.6. The maximum atomic E-state index is 13.7. The number of methoxy groups -OCH3 is 2. The SMILES string of the molecule is COc1cc(OC)c(Cl)c(NC(=O)N(C)c2cc(Nc3ccc(N4CCN(C(=O)C5CCC(C(=O)N6CCN(CC7CCN(c8ccc([C@@H]9CCC(=O)NC9=O)cc8)CC7)CC6)CC5)CC4)cc3)ncn2)c1Cl. The molecule has 4 saturated heterocycles. The molecule has 0 spiro atoms. The van der Waals surface area contributed by atoms with Crippen LogP contribution in [0.4, 0.5) is 39.2 Å². The monoisotopic (exact) mass is 1040 g/mol. The molecule has 1 aliphatic carbocycles. The minimum atomic E-state index is -0.549. The van der Waals surface area contributed by atoms with Gasteiger partial charge < -0.3 is 39.7 Å². The average Bonchev–Trinajstić information content (AvgIpc) is 3.42. The fraction of sp³-hybridized carbons (Fsp3) is 0.491. The molecular formula is C53H65Cl2N11O7. The number of hydrogen-bond donors (Lipinski definition) is 3. The summed E-state index contributed by atoms with van der Waals surface area (Å²) in [7, 11) is 4.46. The number of ether oxygens (including phenoxy) is 2.